The van der Waals surface area contributed by atoms with Gasteiger partial charge in [0.1, 0.15) is 11.3 Å². The zero-order chi connectivity index (χ0) is 13.2. The molecule has 3 heteroatoms. The van der Waals surface area contributed by atoms with E-state index in [0.717, 1.165) is 32.3 Å². The van der Waals surface area contributed by atoms with Gasteiger partial charge in [-0.2, -0.15) is 0 Å². The Hall–Kier alpha value is -1.74. The first-order valence-corrected chi connectivity index (χ1v) is 6.97. The lowest BCUT2D eigenvalue weighted by atomic mass is 10.0. The maximum Gasteiger partial charge on any atom is 0.134 e. The highest BCUT2D eigenvalue weighted by molar-refractivity contribution is 9.10. The number of benzene rings is 2. The van der Waals surface area contributed by atoms with Crippen molar-refractivity contribution in [2.45, 2.75) is 6.92 Å². The SMILES string of the molecule is CCOc1ccc(-c2coc3ccc(Br)cc23)cc1. The third-order valence-electron chi connectivity index (χ3n) is 3.01. The highest BCUT2D eigenvalue weighted by Crippen LogP contribution is 2.33. The normalized spacial score (nSPS) is 10.8. The molecule has 0 fully saturated rings. The molecule has 0 bridgehead atoms. The predicted molar refractivity (Wildman–Crippen MR) is 80.5 cm³/mol. The molecule has 2 aromatic carbocycles. The quantitative estimate of drug-likeness (QED) is 0.657. The molecule has 2 nitrogen and oxygen atoms in total. The van der Waals surface area contributed by atoms with Crippen molar-refractivity contribution in [1.29, 1.82) is 0 Å². The Labute approximate surface area is 120 Å². The van der Waals surface area contributed by atoms with E-state index in [1.165, 1.54) is 0 Å². The van der Waals surface area contributed by atoms with E-state index in [9.17, 15) is 0 Å². The molecule has 0 saturated heterocycles. The van der Waals surface area contributed by atoms with Gasteiger partial charge in [0.25, 0.3) is 0 Å². The van der Waals surface area contributed by atoms with Crippen LogP contribution in [0.3, 0.4) is 0 Å². The zero-order valence-electron chi connectivity index (χ0n) is 10.5. The summed E-state index contributed by atoms with van der Waals surface area (Å²) in [5.41, 5.74) is 3.12. The second-order valence-corrected chi connectivity index (χ2v) is 5.16. The number of fused-ring (bicyclic) bond motifs is 1. The molecule has 0 amide bonds. The summed E-state index contributed by atoms with van der Waals surface area (Å²) in [6.07, 6.45) is 1.80. The fourth-order valence-corrected chi connectivity index (χ4v) is 2.48. The van der Waals surface area contributed by atoms with Crippen molar-refractivity contribution < 1.29 is 9.15 Å². The molecule has 0 atom stereocenters. The smallest absolute Gasteiger partial charge is 0.134 e. The van der Waals surface area contributed by atoms with E-state index in [0.29, 0.717) is 6.61 Å². The largest absolute Gasteiger partial charge is 0.494 e. The Bertz CT molecular complexity index is 698. The minimum absolute atomic E-state index is 0.681. The van der Waals surface area contributed by atoms with Crippen LogP contribution >= 0.6 is 15.9 Å². The monoisotopic (exact) mass is 316 g/mol. The highest BCUT2D eigenvalue weighted by atomic mass is 79.9. The summed E-state index contributed by atoms with van der Waals surface area (Å²) in [5, 5.41) is 1.11. The summed E-state index contributed by atoms with van der Waals surface area (Å²) in [7, 11) is 0. The summed E-state index contributed by atoms with van der Waals surface area (Å²) in [6.45, 7) is 2.66. The third kappa shape index (κ3) is 2.38. The number of halogens is 1. The van der Waals surface area contributed by atoms with Crippen molar-refractivity contribution in [2.75, 3.05) is 6.61 Å². The molecular weight excluding hydrogens is 304 g/mol. The standard InChI is InChI=1S/C16H13BrO2/c1-2-18-13-6-3-11(4-7-13)15-10-19-16-8-5-12(17)9-14(15)16/h3-10H,2H2,1H3. The first-order chi connectivity index (χ1) is 9.28. The van der Waals surface area contributed by atoms with Crippen LogP contribution < -0.4 is 4.74 Å². The van der Waals surface area contributed by atoms with Crippen molar-refractivity contribution in [3.63, 3.8) is 0 Å². The Morgan fingerprint density at radius 1 is 1.11 bits per heavy atom. The van der Waals surface area contributed by atoms with E-state index in [1.54, 1.807) is 6.26 Å². The van der Waals surface area contributed by atoms with Crippen LogP contribution in [-0.2, 0) is 0 Å². The second-order valence-electron chi connectivity index (χ2n) is 4.25. The molecule has 0 aliphatic heterocycles. The molecule has 96 valence electrons. The topological polar surface area (TPSA) is 22.4 Å². The average Bonchev–Trinajstić information content (AvgIpc) is 2.83. The first kappa shape index (κ1) is 12.3. The van der Waals surface area contributed by atoms with E-state index in [2.05, 4.69) is 34.1 Å². The van der Waals surface area contributed by atoms with Crippen molar-refractivity contribution in [3.05, 3.63) is 53.2 Å². The van der Waals surface area contributed by atoms with Gasteiger partial charge < -0.3 is 9.15 Å². The molecule has 3 rings (SSSR count). The fraction of sp³-hybridized carbons (Fsp3) is 0.125. The average molecular weight is 317 g/mol. The zero-order valence-corrected chi connectivity index (χ0v) is 12.1. The van der Waals surface area contributed by atoms with Gasteiger partial charge in [0, 0.05) is 15.4 Å². The van der Waals surface area contributed by atoms with Gasteiger partial charge in [-0.05, 0) is 42.8 Å². The summed E-state index contributed by atoms with van der Waals surface area (Å²) in [6, 6.07) is 14.1. The summed E-state index contributed by atoms with van der Waals surface area (Å²) in [4.78, 5) is 0. The first-order valence-electron chi connectivity index (χ1n) is 6.18. The molecule has 1 heterocycles. The third-order valence-corrected chi connectivity index (χ3v) is 3.51. The van der Waals surface area contributed by atoms with Crippen LogP contribution in [0.4, 0.5) is 0 Å². The number of ether oxygens (including phenoxy) is 1. The number of hydrogen-bond donors (Lipinski definition) is 0. The molecule has 0 aliphatic carbocycles. The summed E-state index contributed by atoms with van der Waals surface area (Å²) < 4.78 is 12.1. The molecule has 19 heavy (non-hydrogen) atoms. The van der Waals surface area contributed by atoms with Gasteiger partial charge in [0.2, 0.25) is 0 Å². The molecule has 0 N–H and O–H groups in total. The van der Waals surface area contributed by atoms with Crippen molar-refractivity contribution in [2.24, 2.45) is 0 Å². The van der Waals surface area contributed by atoms with Gasteiger partial charge in [-0.15, -0.1) is 0 Å². The van der Waals surface area contributed by atoms with Gasteiger partial charge >= 0.3 is 0 Å². The molecule has 0 unspecified atom stereocenters. The molecular formula is C16H13BrO2. The Balaban J connectivity index is 2.06. The number of hydrogen-bond acceptors (Lipinski definition) is 2. The summed E-state index contributed by atoms with van der Waals surface area (Å²) in [5.74, 6) is 0.889. The van der Waals surface area contributed by atoms with E-state index in [1.807, 2.05) is 31.2 Å². The second kappa shape index (κ2) is 5.10. The lowest BCUT2D eigenvalue weighted by Crippen LogP contribution is -1.90. The Kier molecular flexibility index (Phi) is 3.30. The number of rotatable bonds is 3. The van der Waals surface area contributed by atoms with Crippen LogP contribution in [0.1, 0.15) is 6.92 Å². The molecule has 3 aromatic rings. The van der Waals surface area contributed by atoms with Crippen LogP contribution in [0.5, 0.6) is 5.75 Å². The van der Waals surface area contributed by atoms with Gasteiger partial charge in [0.05, 0.1) is 12.9 Å². The Morgan fingerprint density at radius 3 is 2.63 bits per heavy atom. The lowest BCUT2D eigenvalue weighted by Gasteiger charge is -2.04. The Morgan fingerprint density at radius 2 is 1.89 bits per heavy atom. The maximum absolute atomic E-state index is 5.58. The van der Waals surface area contributed by atoms with Gasteiger partial charge in [0.15, 0.2) is 0 Å². The van der Waals surface area contributed by atoms with Crippen LogP contribution in [0.15, 0.2) is 57.6 Å². The molecule has 1 aromatic heterocycles. The van der Waals surface area contributed by atoms with Crippen molar-refractivity contribution in [3.8, 4) is 16.9 Å². The molecule has 0 saturated carbocycles. The van der Waals surface area contributed by atoms with Crippen molar-refractivity contribution in [1.82, 2.24) is 0 Å². The molecule has 0 aliphatic rings. The van der Waals surface area contributed by atoms with E-state index >= 15 is 0 Å². The summed E-state index contributed by atoms with van der Waals surface area (Å²) >= 11 is 3.49. The van der Waals surface area contributed by atoms with Crippen LogP contribution in [0.25, 0.3) is 22.1 Å². The maximum atomic E-state index is 5.58. The van der Waals surface area contributed by atoms with E-state index in [4.69, 9.17) is 9.15 Å². The lowest BCUT2D eigenvalue weighted by molar-refractivity contribution is 0.340. The van der Waals surface area contributed by atoms with Crippen LogP contribution in [0, 0.1) is 0 Å². The molecule has 0 radical (unpaired) electrons. The van der Waals surface area contributed by atoms with Gasteiger partial charge in [-0.1, -0.05) is 28.1 Å². The number of furan rings is 1. The van der Waals surface area contributed by atoms with E-state index < -0.39 is 0 Å². The highest BCUT2D eigenvalue weighted by Gasteiger charge is 2.08. The van der Waals surface area contributed by atoms with Gasteiger partial charge in [-0.25, -0.2) is 0 Å². The molecule has 0 spiro atoms. The van der Waals surface area contributed by atoms with Gasteiger partial charge in [-0.3, -0.25) is 0 Å². The predicted octanol–water partition coefficient (Wildman–Crippen LogP) is 5.26. The van der Waals surface area contributed by atoms with Crippen molar-refractivity contribution >= 4 is 26.9 Å². The van der Waals surface area contributed by atoms with Crippen LogP contribution in [-0.4, -0.2) is 6.61 Å². The minimum Gasteiger partial charge on any atom is -0.494 e. The fourth-order valence-electron chi connectivity index (χ4n) is 2.12. The van der Waals surface area contributed by atoms with E-state index in [-0.39, 0.29) is 0 Å². The van der Waals surface area contributed by atoms with Crippen LogP contribution in [0.2, 0.25) is 0 Å². The minimum atomic E-state index is 0.681.